The van der Waals surface area contributed by atoms with E-state index >= 15 is 0 Å². The Morgan fingerprint density at radius 2 is 1.95 bits per heavy atom. The lowest BCUT2D eigenvalue weighted by atomic mass is 9.65. The minimum atomic E-state index is -4.60. The number of aliphatic carboxylic acids is 1. The number of rotatable bonds is 7. The molecule has 3 heterocycles. The summed E-state index contributed by atoms with van der Waals surface area (Å²) in [4.78, 5) is 24.3. The van der Waals surface area contributed by atoms with E-state index in [1.807, 2.05) is 30.9 Å². The number of anilines is 2. The average Bonchev–Trinajstić information content (AvgIpc) is 2.80. The van der Waals surface area contributed by atoms with Gasteiger partial charge in [-0.15, -0.1) is 0 Å². The van der Waals surface area contributed by atoms with Crippen molar-refractivity contribution in [2.24, 2.45) is 17.3 Å². The van der Waals surface area contributed by atoms with E-state index in [4.69, 9.17) is 11.6 Å². The van der Waals surface area contributed by atoms with Crippen LogP contribution in [0.5, 0.6) is 0 Å². The van der Waals surface area contributed by atoms with E-state index in [-0.39, 0.29) is 11.8 Å². The summed E-state index contributed by atoms with van der Waals surface area (Å²) in [5.41, 5.74) is 0.140. The Bertz CT molecular complexity index is 1230. The molecule has 212 valence electrons. The van der Waals surface area contributed by atoms with E-state index < -0.39 is 29.2 Å². The fourth-order valence-corrected chi connectivity index (χ4v) is 6.65. The lowest BCUT2D eigenvalue weighted by Gasteiger charge is -2.52. The van der Waals surface area contributed by atoms with Crippen LogP contribution in [0.1, 0.15) is 62.3 Å². The Kier molecular flexibility index (Phi) is 7.47. The van der Waals surface area contributed by atoms with Crippen LogP contribution in [0.15, 0.2) is 24.4 Å². The highest BCUT2D eigenvalue weighted by molar-refractivity contribution is 6.31. The Labute approximate surface area is 231 Å². The van der Waals surface area contributed by atoms with E-state index in [0.29, 0.717) is 54.4 Å². The van der Waals surface area contributed by atoms with E-state index in [9.17, 15) is 23.1 Å². The number of halogens is 4. The van der Waals surface area contributed by atoms with E-state index in [1.54, 1.807) is 13.0 Å². The number of nitrogens with zero attached hydrogens (tertiary/aromatic N) is 4. The first kappa shape index (κ1) is 28.0. The third kappa shape index (κ3) is 5.68. The van der Waals surface area contributed by atoms with E-state index in [0.717, 1.165) is 37.7 Å². The number of carboxylic acids is 1. The number of hydrogen-bond acceptors (Lipinski definition) is 6. The number of aryl methyl sites for hydroxylation is 1. The minimum Gasteiger partial charge on any atom is -0.481 e. The normalized spacial score (nSPS) is 27.0. The van der Waals surface area contributed by atoms with Crippen molar-refractivity contribution in [3.8, 4) is 0 Å². The molecular formula is C28H35ClF3N5O2. The lowest BCUT2D eigenvalue weighted by Crippen LogP contribution is -2.58. The standard InChI is InChI=1S/C28H35ClF3N5O2/c1-16-6-7-21(23(29)9-16)17(2)34-24-22(28(30,31)32)12-33-26(35-24)37-14-19(15-37)18-5-4-8-36(13-18)20-10-27(3,11-20)25(38)39/h6-7,9,12,17-20H,4-5,8,10-11,13-15H2,1-3H3,(H,38,39)(H,33,34,35)/t17-,18+,20?,27?/m1/s1. The van der Waals surface area contributed by atoms with Gasteiger partial charge in [0.25, 0.3) is 0 Å². The summed E-state index contributed by atoms with van der Waals surface area (Å²) in [6.45, 7) is 8.80. The summed E-state index contributed by atoms with van der Waals surface area (Å²) < 4.78 is 41.4. The number of likely N-dealkylation sites (tertiary alicyclic amines) is 1. The van der Waals surface area contributed by atoms with Gasteiger partial charge in [-0.2, -0.15) is 18.2 Å². The first-order valence-corrected chi connectivity index (χ1v) is 13.9. The van der Waals surface area contributed by atoms with Crippen LogP contribution in [-0.4, -0.2) is 58.2 Å². The molecule has 1 aliphatic carbocycles. The summed E-state index contributed by atoms with van der Waals surface area (Å²) in [7, 11) is 0. The zero-order valence-corrected chi connectivity index (χ0v) is 23.2. The molecule has 0 amide bonds. The second kappa shape index (κ2) is 10.4. The maximum absolute atomic E-state index is 13.8. The molecule has 2 N–H and O–H groups in total. The molecule has 0 spiro atoms. The average molecular weight is 566 g/mol. The topological polar surface area (TPSA) is 81.6 Å². The van der Waals surface area contributed by atoms with Gasteiger partial charge in [-0.25, -0.2) is 4.98 Å². The fraction of sp³-hybridized carbons (Fsp3) is 0.607. The van der Waals surface area contributed by atoms with Crippen molar-refractivity contribution >= 4 is 29.3 Å². The smallest absolute Gasteiger partial charge is 0.421 e. The van der Waals surface area contributed by atoms with Crippen LogP contribution >= 0.6 is 11.6 Å². The number of carbonyl (C=O) groups is 1. The number of carboxylic acid groups (broad SMARTS) is 1. The zero-order chi connectivity index (χ0) is 28.1. The predicted molar refractivity (Wildman–Crippen MR) is 144 cm³/mol. The van der Waals surface area contributed by atoms with Gasteiger partial charge < -0.3 is 20.2 Å². The molecule has 5 rings (SSSR count). The molecule has 2 saturated heterocycles. The summed E-state index contributed by atoms with van der Waals surface area (Å²) in [5.74, 6) is 0.195. The second-order valence-corrected chi connectivity index (χ2v) is 12.2. The number of benzene rings is 1. The van der Waals surface area contributed by atoms with Crippen molar-refractivity contribution in [3.63, 3.8) is 0 Å². The van der Waals surface area contributed by atoms with Crippen LogP contribution in [0, 0.1) is 24.2 Å². The van der Waals surface area contributed by atoms with Crippen molar-refractivity contribution in [3.05, 3.63) is 46.1 Å². The van der Waals surface area contributed by atoms with E-state index in [1.165, 1.54) is 0 Å². The maximum Gasteiger partial charge on any atom is 0.421 e. The summed E-state index contributed by atoms with van der Waals surface area (Å²) in [6, 6.07) is 5.30. The van der Waals surface area contributed by atoms with Crippen molar-refractivity contribution in [2.45, 2.75) is 64.7 Å². The zero-order valence-electron chi connectivity index (χ0n) is 22.4. The van der Waals surface area contributed by atoms with Gasteiger partial charge in [0.15, 0.2) is 0 Å². The summed E-state index contributed by atoms with van der Waals surface area (Å²) in [5, 5.41) is 12.8. The van der Waals surface area contributed by atoms with Crippen LogP contribution in [0.4, 0.5) is 24.9 Å². The number of aromatic nitrogens is 2. The molecule has 1 aromatic carbocycles. The number of alkyl halides is 3. The van der Waals surface area contributed by atoms with Gasteiger partial charge >= 0.3 is 12.1 Å². The third-order valence-corrected chi connectivity index (χ3v) is 9.14. The predicted octanol–water partition coefficient (Wildman–Crippen LogP) is 6.03. The number of nitrogens with one attached hydrogen (secondary N) is 1. The fourth-order valence-electron chi connectivity index (χ4n) is 6.25. The molecule has 1 aromatic heterocycles. The molecule has 2 aromatic rings. The van der Waals surface area contributed by atoms with Crippen LogP contribution in [0.25, 0.3) is 0 Å². The highest BCUT2D eigenvalue weighted by Gasteiger charge is 2.50. The molecule has 39 heavy (non-hydrogen) atoms. The highest BCUT2D eigenvalue weighted by atomic mass is 35.5. The van der Waals surface area contributed by atoms with Crippen LogP contribution in [-0.2, 0) is 11.0 Å². The molecule has 0 bridgehead atoms. The minimum absolute atomic E-state index is 0.254. The largest absolute Gasteiger partial charge is 0.481 e. The van der Waals surface area contributed by atoms with Gasteiger partial charge in [-0.1, -0.05) is 23.7 Å². The summed E-state index contributed by atoms with van der Waals surface area (Å²) in [6.07, 6.45) is -0.182. The summed E-state index contributed by atoms with van der Waals surface area (Å²) >= 11 is 6.36. The first-order chi connectivity index (χ1) is 18.3. The Morgan fingerprint density at radius 3 is 2.59 bits per heavy atom. The molecule has 2 atom stereocenters. The van der Waals surface area contributed by atoms with Crippen LogP contribution in [0.2, 0.25) is 5.02 Å². The van der Waals surface area contributed by atoms with Crippen molar-refractivity contribution < 1.29 is 23.1 Å². The Hall–Kier alpha value is -2.59. The molecule has 3 fully saturated rings. The number of hydrogen-bond donors (Lipinski definition) is 2. The Morgan fingerprint density at radius 1 is 1.23 bits per heavy atom. The highest BCUT2D eigenvalue weighted by Crippen LogP contribution is 2.45. The van der Waals surface area contributed by atoms with Gasteiger partial charge in [0.2, 0.25) is 5.95 Å². The van der Waals surface area contributed by atoms with Crippen LogP contribution < -0.4 is 10.2 Å². The molecule has 7 nitrogen and oxygen atoms in total. The van der Waals surface area contributed by atoms with Gasteiger partial charge in [-0.05, 0) is 82.0 Å². The molecular weight excluding hydrogens is 531 g/mol. The van der Waals surface area contributed by atoms with Gasteiger partial charge in [0.05, 0.1) is 11.5 Å². The van der Waals surface area contributed by atoms with Crippen LogP contribution in [0.3, 0.4) is 0 Å². The second-order valence-electron chi connectivity index (χ2n) is 11.8. The van der Waals surface area contributed by atoms with Gasteiger partial charge in [0, 0.05) is 36.9 Å². The van der Waals surface area contributed by atoms with Crippen molar-refractivity contribution in [2.75, 3.05) is 36.4 Å². The van der Waals surface area contributed by atoms with Crippen molar-refractivity contribution in [1.29, 1.82) is 0 Å². The Balaban J connectivity index is 1.24. The molecule has 2 aliphatic heterocycles. The molecule has 1 saturated carbocycles. The maximum atomic E-state index is 13.8. The SMILES string of the molecule is Cc1ccc([C@@H](C)Nc2nc(N3CC([C@H]4CCCN(C5CC(C)(C(=O)O)C5)C4)C3)ncc2C(F)(F)F)c(Cl)c1. The monoisotopic (exact) mass is 565 g/mol. The molecule has 11 heteroatoms. The van der Waals surface area contributed by atoms with Gasteiger partial charge in [-0.3, -0.25) is 4.79 Å². The molecule has 0 unspecified atom stereocenters. The quantitative estimate of drug-likeness (QED) is 0.424. The van der Waals surface area contributed by atoms with E-state index in [2.05, 4.69) is 20.2 Å². The molecule has 3 aliphatic rings. The first-order valence-electron chi connectivity index (χ1n) is 13.5. The van der Waals surface area contributed by atoms with Gasteiger partial charge in [0.1, 0.15) is 11.4 Å². The third-order valence-electron chi connectivity index (χ3n) is 8.81. The number of piperidine rings is 1. The molecule has 0 radical (unpaired) electrons. The van der Waals surface area contributed by atoms with Crippen molar-refractivity contribution in [1.82, 2.24) is 14.9 Å². The lowest BCUT2D eigenvalue weighted by molar-refractivity contribution is -0.158.